The van der Waals surface area contributed by atoms with Crippen molar-refractivity contribution in [1.29, 1.82) is 0 Å². The van der Waals surface area contributed by atoms with E-state index in [1.165, 1.54) is 25.3 Å². The minimum absolute atomic E-state index is 0.282. The van der Waals surface area contributed by atoms with Crippen molar-refractivity contribution in [2.75, 3.05) is 12.4 Å². The van der Waals surface area contributed by atoms with Crippen LogP contribution < -0.4 is 10.1 Å². The number of halogens is 1. The van der Waals surface area contributed by atoms with E-state index in [1.54, 1.807) is 6.08 Å². The van der Waals surface area contributed by atoms with Crippen molar-refractivity contribution in [3.63, 3.8) is 0 Å². The van der Waals surface area contributed by atoms with Crippen molar-refractivity contribution >= 4 is 11.6 Å². The second-order valence-electron chi connectivity index (χ2n) is 4.44. The van der Waals surface area contributed by atoms with Gasteiger partial charge in [0.15, 0.2) is 0 Å². The molecule has 1 N–H and O–H groups in total. The molecule has 20 heavy (non-hydrogen) atoms. The van der Waals surface area contributed by atoms with Crippen molar-refractivity contribution in [3.05, 3.63) is 71.1 Å². The van der Waals surface area contributed by atoms with Gasteiger partial charge in [0, 0.05) is 11.6 Å². The molecule has 2 aliphatic carbocycles. The number of amides is 1. The van der Waals surface area contributed by atoms with E-state index in [9.17, 15) is 9.18 Å². The molecule has 0 fully saturated rings. The lowest BCUT2D eigenvalue weighted by atomic mass is 10.1. The molecule has 0 saturated carbocycles. The topological polar surface area (TPSA) is 38.3 Å². The van der Waals surface area contributed by atoms with E-state index in [0.29, 0.717) is 17.0 Å². The Morgan fingerprint density at radius 3 is 2.90 bits per heavy atom. The van der Waals surface area contributed by atoms with Crippen molar-refractivity contribution in [1.82, 2.24) is 0 Å². The van der Waals surface area contributed by atoms with E-state index in [4.69, 9.17) is 4.74 Å². The second kappa shape index (κ2) is 4.81. The predicted molar refractivity (Wildman–Crippen MR) is 75.0 cm³/mol. The lowest BCUT2D eigenvalue weighted by Gasteiger charge is -2.10. The maximum Gasteiger partial charge on any atom is 0.256 e. The third kappa shape index (κ3) is 2.05. The molecule has 0 unspecified atom stereocenters. The summed E-state index contributed by atoms with van der Waals surface area (Å²) >= 11 is 0. The quantitative estimate of drug-likeness (QED) is 0.915. The minimum Gasteiger partial charge on any atom is -0.495 e. The van der Waals surface area contributed by atoms with Crippen molar-refractivity contribution in [3.8, 4) is 5.75 Å². The van der Waals surface area contributed by atoms with E-state index in [-0.39, 0.29) is 5.91 Å². The van der Waals surface area contributed by atoms with Crippen LogP contribution >= 0.6 is 0 Å². The fourth-order valence-electron chi connectivity index (χ4n) is 2.25. The number of carbonyl (C=O) groups excluding carboxylic acids is 1. The number of hydrogen-bond acceptors (Lipinski definition) is 2. The van der Waals surface area contributed by atoms with Crippen LogP contribution in [0, 0.1) is 5.82 Å². The fourth-order valence-corrected chi connectivity index (χ4v) is 2.25. The van der Waals surface area contributed by atoms with Crippen LogP contribution in [0.3, 0.4) is 0 Å². The first-order valence-electron chi connectivity index (χ1n) is 6.15. The first-order chi connectivity index (χ1) is 9.69. The number of benzene rings is 1. The van der Waals surface area contributed by atoms with Crippen LogP contribution in [0.15, 0.2) is 65.3 Å². The Labute approximate surface area is 115 Å². The lowest BCUT2D eigenvalue weighted by Crippen LogP contribution is -2.14. The lowest BCUT2D eigenvalue weighted by molar-refractivity contribution is -0.112. The summed E-state index contributed by atoms with van der Waals surface area (Å²) in [6.45, 7) is 0. The summed E-state index contributed by atoms with van der Waals surface area (Å²) in [6, 6.07) is 4.00. The number of methoxy groups -OCH3 is 1. The highest BCUT2D eigenvalue weighted by Crippen LogP contribution is 2.31. The van der Waals surface area contributed by atoms with Gasteiger partial charge in [-0.15, -0.1) is 0 Å². The Balaban J connectivity index is 1.89. The summed E-state index contributed by atoms with van der Waals surface area (Å²) in [4.78, 5) is 12.3. The van der Waals surface area contributed by atoms with Gasteiger partial charge in [-0.25, -0.2) is 4.39 Å². The first kappa shape index (κ1) is 12.4. The zero-order valence-corrected chi connectivity index (χ0v) is 10.8. The average Bonchev–Trinajstić information content (AvgIpc) is 3.01. The van der Waals surface area contributed by atoms with Gasteiger partial charge in [0.05, 0.1) is 12.8 Å². The number of anilines is 1. The summed E-state index contributed by atoms with van der Waals surface area (Å²) in [6.07, 6.45) is 9.35. The molecule has 0 radical (unpaired) electrons. The molecule has 0 aliphatic heterocycles. The molecular weight excluding hydrogens is 257 g/mol. The van der Waals surface area contributed by atoms with Gasteiger partial charge in [0.25, 0.3) is 5.91 Å². The van der Waals surface area contributed by atoms with Crippen LogP contribution in [-0.4, -0.2) is 13.0 Å². The molecule has 0 atom stereocenters. The largest absolute Gasteiger partial charge is 0.495 e. The van der Waals surface area contributed by atoms with Crippen LogP contribution in [-0.2, 0) is 4.79 Å². The molecular formula is C16H12FNO2. The van der Waals surface area contributed by atoms with Gasteiger partial charge in [-0.05, 0) is 29.4 Å². The maximum atomic E-state index is 13.3. The standard InChI is InChI=1S/C16H12FNO2/c1-20-15-8-6-11(17)9-14(15)18-16(19)13-7-5-10-3-2-4-12(10)13/h2-9H,1H3,(H,18,19). The van der Waals surface area contributed by atoms with Crippen LogP contribution in [0.25, 0.3) is 0 Å². The summed E-state index contributed by atoms with van der Waals surface area (Å²) in [5.74, 6) is -0.290. The summed E-state index contributed by atoms with van der Waals surface area (Å²) in [5, 5.41) is 2.68. The van der Waals surface area contributed by atoms with Gasteiger partial charge in [-0.2, -0.15) is 0 Å². The van der Waals surface area contributed by atoms with Gasteiger partial charge >= 0.3 is 0 Å². The molecule has 1 aromatic carbocycles. The Bertz CT molecular complexity index is 711. The zero-order valence-electron chi connectivity index (χ0n) is 10.8. The van der Waals surface area contributed by atoms with Gasteiger partial charge < -0.3 is 10.1 Å². The molecule has 100 valence electrons. The molecule has 3 nitrogen and oxygen atoms in total. The van der Waals surface area contributed by atoms with Crippen molar-refractivity contribution < 1.29 is 13.9 Å². The highest BCUT2D eigenvalue weighted by Gasteiger charge is 2.21. The molecule has 0 aromatic heterocycles. The number of fused-ring (bicyclic) bond motifs is 1. The molecule has 2 aliphatic rings. The molecule has 3 rings (SSSR count). The molecule has 0 saturated heterocycles. The average molecular weight is 269 g/mol. The first-order valence-corrected chi connectivity index (χ1v) is 6.15. The Morgan fingerprint density at radius 1 is 1.25 bits per heavy atom. The summed E-state index contributed by atoms with van der Waals surface area (Å²) in [7, 11) is 1.47. The monoisotopic (exact) mass is 269 g/mol. The molecule has 1 amide bonds. The normalized spacial score (nSPS) is 15.4. The Hall–Kier alpha value is -2.62. The van der Waals surface area contributed by atoms with Crippen LogP contribution in [0.5, 0.6) is 5.75 Å². The zero-order chi connectivity index (χ0) is 14.1. The number of hydrogen-bond donors (Lipinski definition) is 1. The van der Waals surface area contributed by atoms with E-state index in [0.717, 1.165) is 11.1 Å². The summed E-state index contributed by atoms with van der Waals surface area (Å²) < 4.78 is 18.4. The number of rotatable bonds is 3. The van der Waals surface area contributed by atoms with Crippen molar-refractivity contribution in [2.24, 2.45) is 0 Å². The van der Waals surface area contributed by atoms with Crippen LogP contribution in [0.4, 0.5) is 10.1 Å². The number of ether oxygens (including phenoxy) is 1. The van der Waals surface area contributed by atoms with Gasteiger partial charge in [0.1, 0.15) is 11.6 Å². The van der Waals surface area contributed by atoms with E-state index in [1.807, 2.05) is 24.3 Å². The van der Waals surface area contributed by atoms with Gasteiger partial charge in [-0.1, -0.05) is 24.3 Å². The molecule has 0 bridgehead atoms. The molecule has 4 heteroatoms. The third-order valence-electron chi connectivity index (χ3n) is 3.22. The second-order valence-corrected chi connectivity index (χ2v) is 4.44. The molecule has 1 aromatic rings. The summed E-state index contributed by atoms with van der Waals surface area (Å²) in [5.41, 5.74) is 2.79. The number of carbonyl (C=O) groups is 1. The van der Waals surface area contributed by atoms with Crippen molar-refractivity contribution in [2.45, 2.75) is 0 Å². The van der Waals surface area contributed by atoms with Gasteiger partial charge in [0.2, 0.25) is 0 Å². The maximum absolute atomic E-state index is 13.3. The van der Waals surface area contributed by atoms with Crippen LogP contribution in [0.2, 0.25) is 0 Å². The Morgan fingerprint density at radius 2 is 2.10 bits per heavy atom. The van der Waals surface area contributed by atoms with Crippen LogP contribution in [0.1, 0.15) is 0 Å². The fraction of sp³-hybridized carbons (Fsp3) is 0.0625. The van der Waals surface area contributed by atoms with E-state index in [2.05, 4.69) is 5.32 Å². The minimum atomic E-state index is -0.429. The van der Waals surface area contributed by atoms with Gasteiger partial charge in [-0.3, -0.25) is 4.79 Å². The predicted octanol–water partition coefficient (Wildman–Crippen LogP) is 3.14. The molecule has 0 spiro atoms. The van der Waals surface area contributed by atoms with E-state index >= 15 is 0 Å². The smallest absolute Gasteiger partial charge is 0.256 e. The highest BCUT2D eigenvalue weighted by molar-refractivity contribution is 6.09. The number of nitrogens with one attached hydrogen (secondary N) is 1. The van der Waals surface area contributed by atoms with E-state index < -0.39 is 5.82 Å². The highest BCUT2D eigenvalue weighted by atomic mass is 19.1. The number of allylic oxidation sites excluding steroid dienone is 6. The molecule has 0 heterocycles. The Kier molecular flexibility index (Phi) is 2.99. The third-order valence-corrected chi connectivity index (χ3v) is 3.22. The SMILES string of the molecule is COc1ccc(F)cc1NC(=O)C1=C2C=CC=C2C=C1.